The Morgan fingerprint density at radius 1 is 1.00 bits per heavy atom. The van der Waals surface area contributed by atoms with Gasteiger partial charge >= 0.3 is 0 Å². The zero-order valence-corrected chi connectivity index (χ0v) is 7.54. The number of hydrogen-bond donors (Lipinski definition) is 0. The van der Waals surface area contributed by atoms with E-state index >= 15 is 0 Å². The van der Waals surface area contributed by atoms with Gasteiger partial charge in [0.15, 0.2) is 0 Å². The molecule has 0 aromatic carbocycles. The Hall–Kier alpha value is 0.730. The summed E-state index contributed by atoms with van der Waals surface area (Å²) in [5, 5.41) is 0. The Labute approximate surface area is 69.5 Å². The average molecular weight is 234 g/mol. The van der Waals surface area contributed by atoms with Gasteiger partial charge in [0.05, 0.1) is 0 Å². The van der Waals surface area contributed by atoms with E-state index in [1.165, 1.54) is 23.7 Å². The second-order valence-electron chi connectivity index (χ2n) is 3.98. The normalized spacial score (nSPS) is 68.3. The molecule has 0 aliphatic heterocycles. The van der Waals surface area contributed by atoms with Gasteiger partial charge in [-0.15, -0.1) is 0 Å². The predicted octanol–water partition coefficient (Wildman–Crippen LogP) is 2.47. The third kappa shape index (κ3) is 0.479. The first-order chi connectivity index (χ1) is 4.36. The van der Waals surface area contributed by atoms with Crippen molar-refractivity contribution < 1.29 is 0 Å². The quantitative estimate of drug-likeness (QED) is 0.446. The molecular formula is C8H11I. The zero-order chi connectivity index (χ0) is 6.01. The molecule has 0 aromatic rings. The van der Waals surface area contributed by atoms with Crippen LogP contribution in [-0.2, 0) is 0 Å². The summed E-state index contributed by atoms with van der Waals surface area (Å²) in [6.07, 6.45) is 4.75. The van der Waals surface area contributed by atoms with E-state index in [2.05, 4.69) is 22.6 Å². The first-order valence-corrected chi connectivity index (χ1v) is 5.25. The summed E-state index contributed by atoms with van der Waals surface area (Å²) in [6, 6.07) is 0. The van der Waals surface area contributed by atoms with Crippen molar-refractivity contribution in [2.45, 2.75) is 23.2 Å². The number of hydrogen-bond acceptors (Lipinski definition) is 0. The molecule has 3 rings (SSSR count). The molecule has 3 fully saturated rings. The highest BCUT2D eigenvalue weighted by molar-refractivity contribution is 14.1. The van der Waals surface area contributed by atoms with E-state index in [1.54, 1.807) is 19.3 Å². The van der Waals surface area contributed by atoms with Crippen LogP contribution in [0.15, 0.2) is 0 Å². The third-order valence-electron chi connectivity index (χ3n) is 3.76. The monoisotopic (exact) mass is 234 g/mol. The molecule has 0 heterocycles. The first kappa shape index (κ1) is 5.39. The standard InChI is InChI=1S/C8H11I/c9-7-3-5-1-4-2-6(7)8(4)5/h4-8H,1-3H2/t4?,5?,6?,7-,8?/m1/s1. The Morgan fingerprint density at radius 2 is 1.78 bits per heavy atom. The molecule has 3 saturated carbocycles. The lowest BCUT2D eigenvalue weighted by atomic mass is 9.52. The van der Waals surface area contributed by atoms with Crippen LogP contribution in [0.4, 0.5) is 0 Å². The molecule has 0 spiro atoms. The van der Waals surface area contributed by atoms with Crippen molar-refractivity contribution in [2.24, 2.45) is 23.7 Å². The summed E-state index contributed by atoms with van der Waals surface area (Å²) in [7, 11) is 0. The van der Waals surface area contributed by atoms with Gasteiger partial charge in [0.1, 0.15) is 0 Å². The molecule has 0 aromatic heterocycles. The van der Waals surface area contributed by atoms with Crippen LogP contribution < -0.4 is 0 Å². The average Bonchev–Trinajstić information content (AvgIpc) is 2.01. The Balaban J connectivity index is 1.93. The summed E-state index contributed by atoms with van der Waals surface area (Å²) in [5.74, 6) is 4.80. The van der Waals surface area contributed by atoms with Crippen molar-refractivity contribution >= 4 is 22.6 Å². The van der Waals surface area contributed by atoms with Crippen LogP contribution in [0.5, 0.6) is 0 Å². The largest absolute Gasteiger partial charge is 0.0823 e. The minimum atomic E-state index is 1.07. The van der Waals surface area contributed by atoms with E-state index in [0.717, 1.165) is 3.92 Å². The molecule has 0 nitrogen and oxygen atoms in total. The molecule has 9 heavy (non-hydrogen) atoms. The van der Waals surface area contributed by atoms with Crippen LogP contribution in [0.25, 0.3) is 0 Å². The van der Waals surface area contributed by atoms with Gasteiger partial charge in [-0.2, -0.15) is 0 Å². The summed E-state index contributed by atoms with van der Waals surface area (Å²) in [5.41, 5.74) is 0. The topological polar surface area (TPSA) is 0 Å². The maximum absolute atomic E-state index is 2.67. The van der Waals surface area contributed by atoms with E-state index in [4.69, 9.17) is 0 Å². The van der Waals surface area contributed by atoms with Gasteiger partial charge in [0, 0.05) is 3.92 Å². The smallest absolute Gasteiger partial charge is 0.0144 e. The van der Waals surface area contributed by atoms with Gasteiger partial charge < -0.3 is 0 Å². The molecule has 0 saturated heterocycles. The van der Waals surface area contributed by atoms with Crippen LogP contribution in [0, 0.1) is 23.7 Å². The van der Waals surface area contributed by atoms with E-state index in [1.807, 2.05) is 0 Å². The van der Waals surface area contributed by atoms with Gasteiger partial charge in [-0.25, -0.2) is 0 Å². The first-order valence-electron chi connectivity index (χ1n) is 4.00. The van der Waals surface area contributed by atoms with E-state index in [0.29, 0.717) is 0 Å². The van der Waals surface area contributed by atoms with Crippen molar-refractivity contribution in [3.8, 4) is 0 Å². The molecule has 0 radical (unpaired) electrons. The zero-order valence-electron chi connectivity index (χ0n) is 5.39. The van der Waals surface area contributed by atoms with Gasteiger partial charge in [-0.3, -0.25) is 0 Å². The van der Waals surface area contributed by atoms with Gasteiger partial charge in [-0.1, -0.05) is 22.6 Å². The molecular weight excluding hydrogens is 223 g/mol. The van der Waals surface area contributed by atoms with Crippen molar-refractivity contribution in [3.63, 3.8) is 0 Å². The molecule has 50 valence electrons. The molecule has 3 aliphatic rings. The minimum absolute atomic E-state index is 1.07. The second kappa shape index (κ2) is 1.49. The Morgan fingerprint density at radius 3 is 2.33 bits per heavy atom. The van der Waals surface area contributed by atoms with Crippen LogP contribution in [0.3, 0.4) is 0 Å². The molecule has 5 atom stereocenters. The Kier molecular flexibility index (Phi) is 0.890. The molecule has 3 aliphatic carbocycles. The summed E-state index contributed by atoms with van der Waals surface area (Å²) >= 11 is 2.67. The number of halogens is 1. The lowest BCUT2D eigenvalue weighted by Crippen LogP contribution is -2.47. The number of rotatable bonds is 0. The molecule has 0 N–H and O–H groups in total. The van der Waals surface area contributed by atoms with E-state index in [9.17, 15) is 0 Å². The van der Waals surface area contributed by atoms with Crippen molar-refractivity contribution in [3.05, 3.63) is 0 Å². The highest BCUT2D eigenvalue weighted by Gasteiger charge is 2.60. The fraction of sp³-hybridized carbons (Fsp3) is 1.00. The second-order valence-corrected chi connectivity index (χ2v) is 5.58. The number of alkyl halides is 1. The van der Waals surface area contributed by atoms with E-state index in [-0.39, 0.29) is 0 Å². The lowest BCUT2D eigenvalue weighted by molar-refractivity contribution is -0.0379. The Bertz CT molecular complexity index is 151. The lowest BCUT2D eigenvalue weighted by Gasteiger charge is -2.53. The predicted molar refractivity (Wildman–Crippen MR) is 45.6 cm³/mol. The van der Waals surface area contributed by atoms with Gasteiger partial charge in [-0.05, 0) is 42.9 Å². The van der Waals surface area contributed by atoms with Crippen molar-refractivity contribution in [1.82, 2.24) is 0 Å². The summed E-state index contributed by atoms with van der Waals surface area (Å²) in [6.45, 7) is 0. The third-order valence-corrected chi connectivity index (χ3v) is 5.19. The van der Waals surface area contributed by atoms with Gasteiger partial charge in [0.25, 0.3) is 0 Å². The maximum Gasteiger partial charge on any atom is 0.0144 e. The highest BCUT2D eigenvalue weighted by atomic mass is 127. The van der Waals surface area contributed by atoms with Crippen LogP contribution >= 0.6 is 22.6 Å². The fourth-order valence-corrected chi connectivity index (χ4v) is 4.69. The van der Waals surface area contributed by atoms with Crippen LogP contribution in [0.1, 0.15) is 19.3 Å². The SMILES string of the molecule is I[C@@H]1CC2CC3CC1C32. The molecule has 0 amide bonds. The van der Waals surface area contributed by atoms with Crippen molar-refractivity contribution in [2.75, 3.05) is 0 Å². The van der Waals surface area contributed by atoms with Crippen LogP contribution in [0.2, 0.25) is 0 Å². The minimum Gasteiger partial charge on any atom is -0.0823 e. The fourth-order valence-electron chi connectivity index (χ4n) is 3.26. The molecule has 4 unspecified atom stereocenters. The van der Waals surface area contributed by atoms with Crippen LogP contribution in [-0.4, -0.2) is 3.92 Å². The van der Waals surface area contributed by atoms with Gasteiger partial charge in [0.2, 0.25) is 0 Å². The maximum atomic E-state index is 2.67. The van der Waals surface area contributed by atoms with E-state index < -0.39 is 0 Å². The highest BCUT2D eigenvalue weighted by Crippen LogP contribution is 2.67. The summed E-state index contributed by atoms with van der Waals surface area (Å²) in [4.78, 5) is 0. The summed E-state index contributed by atoms with van der Waals surface area (Å²) < 4.78 is 1.07. The van der Waals surface area contributed by atoms with Crippen molar-refractivity contribution in [1.29, 1.82) is 0 Å². The molecule has 0 bridgehead atoms. The molecule has 1 heteroatoms.